The maximum Gasteiger partial charge on any atom is 0.229 e. The van der Waals surface area contributed by atoms with Gasteiger partial charge in [0.2, 0.25) is 5.95 Å². The van der Waals surface area contributed by atoms with Crippen molar-refractivity contribution in [2.75, 3.05) is 68.8 Å². The van der Waals surface area contributed by atoms with Crippen LogP contribution in [0.3, 0.4) is 0 Å². The van der Waals surface area contributed by atoms with Gasteiger partial charge < -0.3 is 30.7 Å². The van der Waals surface area contributed by atoms with Crippen LogP contribution >= 0.6 is 23.9 Å². The number of nitrogens with zero attached hydrogens (tertiary/aromatic N) is 5. The number of halogens is 1. The lowest BCUT2D eigenvalue weighted by atomic mass is 10.0. The molecule has 1 aliphatic heterocycles. The molecule has 12 heteroatoms. The third-order valence-electron chi connectivity index (χ3n) is 8.12. The number of anilines is 5. The molecule has 2 aliphatic rings. The second-order valence-corrected chi connectivity index (χ2v) is 14.6. The Morgan fingerprint density at radius 1 is 1.13 bits per heavy atom. The van der Waals surface area contributed by atoms with Gasteiger partial charge in [-0.1, -0.05) is 14.0 Å². The summed E-state index contributed by atoms with van der Waals surface area (Å²) in [7, 11) is 1.22. The van der Waals surface area contributed by atoms with Crippen molar-refractivity contribution in [3.8, 4) is 5.75 Å². The van der Waals surface area contributed by atoms with Crippen molar-refractivity contribution in [2.24, 2.45) is 10.7 Å². The highest BCUT2D eigenvalue weighted by Gasteiger charge is 2.26. The van der Waals surface area contributed by atoms with E-state index in [4.69, 9.17) is 25.2 Å². The highest BCUT2D eigenvalue weighted by Crippen LogP contribution is 2.41. The molecule has 1 saturated carbocycles. The van der Waals surface area contributed by atoms with Crippen LogP contribution in [0.5, 0.6) is 5.75 Å². The topological polar surface area (TPSA) is 123 Å². The Morgan fingerprint density at radius 3 is 2.63 bits per heavy atom. The van der Waals surface area contributed by atoms with Crippen LogP contribution in [0.2, 0.25) is 0 Å². The van der Waals surface area contributed by atoms with E-state index in [0.717, 1.165) is 45.6 Å². The SMILES string of the molecule is CCN=CC(=CN)c1cc(Nc2ncc(Br)c(Nc3ccc4nc(C5CC5)ccc4c3P(C)C)n2)c(OC)cc1N1CCOCC1. The number of aromatic nitrogens is 3. The summed E-state index contributed by atoms with van der Waals surface area (Å²) in [5, 5.41) is 9.44. The van der Waals surface area contributed by atoms with Crippen molar-refractivity contribution in [3.63, 3.8) is 0 Å². The van der Waals surface area contributed by atoms with Crippen LogP contribution in [0.1, 0.15) is 36.9 Å². The zero-order chi connectivity index (χ0) is 32.2. The van der Waals surface area contributed by atoms with Crippen molar-refractivity contribution < 1.29 is 9.47 Å². The van der Waals surface area contributed by atoms with Crippen molar-refractivity contribution in [3.05, 3.63) is 64.5 Å². The standard InChI is InChI=1S/C34H40BrN8O2P/c1-5-37-19-22(18-36)24-16-29(31(44-2)17-30(24)43-12-14-45-15-13-43)41-34-38-20-25(35)33(42-34)40-28-11-10-27-23(32(28)46(3)4)8-9-26(39-27)21-6-7-21/h8-11,16-21H,5-7,12-15,36H2,1-4H3,(H2,38,40,41,42). The zero-order valence-electron chi connectivity index (χ0n) is 26.7. The highest BCUT2D eigenvalue weighted by atomic mass is 79.9. The van der Waals surface area contributed by atoms with Gasteiger partial charge in [0.05, 0.1) is 36.0 Å². The lowest BCUT2D eigenvalue weighted by Gasteiger charge is -2.31. The fourth-order valence-electron chi connectivity index (χ4n) is 5.68. The first-order chi connectivity index (χ1) is 22.4. The number of allylic oxidation sites excluding steroid dienone is 1. The number of morpholine rings is 1. The predicted molar refractivity (Wildman–Crippen MR) is 196 cm³/mol. The van der Waals surface area contributed by atoms with Crippen LogP contribution in [-0.2, 0) is 4.74 Å². The molecule has 0 radical (unpaired) electrons. The van der Waals surface area contributed by atoms with E-state index in [1.54, 1.807) is 19.5 Å². The molecule has 4 N–H and O–H groups in total. The average molecular weight is 704 g/mol. The molecule has 2 aromatic heterocycles. The number of nitrogens with two attached hydrogens (primary N) is 1. The van der Waals surface area contributed by atoms with Crippen LogP contribution < -0.4 is 31.3 Å². The minimum atomic E-state index is -0.442. The zero-order valence-corrected chi connectivity index (χ0v) is 29.2. The molecular formula is C34H40BrN8O2P. The van der Waals surface area contributed by atoms with Crippen LogP contribution in [0.25, 0.3) is 16.5 Å². The minimum Gasteiger partial charge on any atom is -0.494 e. The molecule has 0 amide bonds. The summed E-state index contributed by atoms with van der Waals surface area (Å²) in [4.78, 5) is 21.2. The largest absolute Gasteiger partial charge is 0.494 e. The second-order valence-electron chi connectivity index (χ2n) is 11.5. The molecule has 2 aromatic carbocycles. The van der Waals surface area contributed by atoms with E-state index in [2.05, 4.69) is 79.0 Å². The maximum atomic E-state index is 6.13. The summed E-state index contributed by atoms with van der Waals surface area (Å²) >= 11 is 3.66. The van der Waals surface area contributed by atoms with Gasteiger partial charge >= 0.3 is 0 Å². The molecule has 1 saturated heterocycles. The molecule has 2 fully saturated rings. The van der Waals surface area contributed by atoms with Crippen molar-refractivity contribution in [1.29, 1.82) is 0 Å². The van der Waals surface area contributed by atoms with Gasteiger partial charge in [0, 0.05) is 89.1 Å². The molecule has 4 aromatic rings. The lowest BCUT2D eigenvalue weighted by molar-refractivity contribution is 0.122. The highest BCUT2D eigenvalue weighted by molar-refractivity contribution is 9.10. The van der Waals surface area contributed by atoms with Crippen molar-refractivity contribution in [1.82, 2.24) is 15.0 Å². The summed E-state index contributed by atoms with van der Waals surface area (Å²) in [5.41, 5.74) is 12.8. The number of rotatable bonds is 11. The van der Waals surface area contributed by atoms with E-state index < -0.39 is 7.92 Å². The predicted octanol–water partition coefficient (Wildman–Crippen LogP) is 6.75. The third kappa shape index (κ3) is 6.97. The number of methoxy groups -OCH3 is 1. The van der Waals surface area contributed by atoms with Gasteiger partial charge in [-0.15, -0.1) is 0 Å². The van der Waals surface area contributed by atoms with E-state index in [9.17, 15) is 0 Å². The summed E-state index contributed by atoms with van der Waals surface area (Å²) in [6.45, 7) is 10.0. The minimum absolute atomic E-state index is 0.419. The molecule has 46 heavy (non-hydrogen) atoms. The number of nitrogens with one attached hydrogen (secondary N) is 2. The molecule has 6 rings (SSSR count). The number of ether oxygens (including phenoxy) is 2. The quantitative estimate of drug-likeness (QED) is 0.115. The van der Waals surface area contributed by atoms with Crippen LogP contribution in [-0.4, -0.2) is 74.5 Å². The van der Waals surface area contributed by atoms with E-state index in [1.165, 1.54) is 29.2 Å². The Kier molecular flexibility index (Phi) is 10.0. The average Bonchev–Trinajstić information content (AvgIpc) is 3.92. The molecule has 0 bridgehead atoms. The van der Waals surface area contributed by atoms with Gasteiger partial charge in [0.25, 0.3) is 0 Å². The monoisotopic (exact) mass is 702 g/mol. The van der Waals surface area contributed by atoms with Crippen molar-refractivity contribution >= 4 is 80.7 Å². The number of pyridine rings is 1. The Hall–Kier alpha value is -3.79. The van der Waals surface area contributed by atoms with Gasteiger partial charge in [0.15, 0.2) is 0 Å². The fourth-order valence-corrected chi connectivity index (χ4v) is 7.25. The summed E-state index contributed by atoms with van der Waals surface area (Å²) in [5.74, 6) is 2.35. The van der Waals surface area contributed by atoms with Crippen LogP contribution in [0, 0.1) is 0 Å². The number of aliphatic imine (C=N–C) groups is 1. The van der Waals surface area contributed by atoms with E-state index >= 15 is 0 Å². The number of benzene rings is 2. The summed E-state index contributed by atoms with van der Waals surface area (Å²) in [6.07, 6.45) is 7.62. The van der Waals surface area contributed by atoms with Gasteiger partial charge in [-0.3, -0.25) is 9.98 Å². The van der Waals surface area contributed by atoms with Gasteiger partial charge in [-0.05, 0) is 73.3 Å². The van der Waals surface area contributed by atoms with Crippen LogP contribution in [0.15, 0.2) is 58.3 Å². The Labute approximate surface area is 279 Å². The number of hydrogen-bond acceptors (Lipinski definition) is 10. The molecule has 3 heterocycles. The molecule has 0 atom stereocenters. The Bertz CT molecular complexity index is 1790. The summed E-state index contributed by atoms with van der Waals surface area (Å²) < 4.78 is 12.2. The van der Waals surface area contributed by atoms with E-state index in [-0.39, 0.29) is 0 Å². The smallest absolute Gasteiger partial charge is 0.229 e. The number of hydrogen-bond donors (Lipinski definition) is 3. The third-order valence-corrected chi connectivity index (χ3v) is 10.1. The molecule has 0 unspecified atom stereocenters. The van der Waals surface area contributed by atoms with Gasteiger partial charge in [0.1, 0.15) is 11.6 Å². The van der Waals surface area contributed by atoms with E-state index in [0.29, 0.717) is 48.9 Å². The first-order valence-corrected chi connectivity index (χ1v) is 18.6. The van der Waals surface area contributed by atoms with E-state index in [1.807, 2.05) is 25.3 Å². The number of fused-ring (bicyclic) bond motifs is 1. The first-order valence-electron chi connectivity index (χ1n) is 15.5. The van der Waals surface area contributed by atoms with Crippen molar-refractivity contribution in [2.45, 2.75) is 25.7 Å². The Balaban J connectivity index is 1.35. The molecule has 240 valence electrons. The molecule has 1 aliphatic carbocycles. The molecular weight excluding hydrogens is 663 g/mol. The molecule has 0 spiro atoms. The second kappa shape index (κ2) is 14.3. The first kappa shape index (κ1) is 32.2. The fraction of sp³-hybridized carbons (Fsp3) is 0.353. The maximum absolute atomic E-state index is 6.13. The molecule has 10 nitrogen and oxygen atoms in total. The van der Waals surface area contributed by atoms with Gasteiger partial charge in [-0.25, -0.2) is 4.98 Å². The summed E-state index contributed by atoms with van der Waals surface area (Å²) in [6, 6.07) is 12.7. The lowest BCUT2D eigenvalue weighted by Crippen LogP contribution is -2.36. The van der Waals surface area contributed by atoms with Gasteiger partial charge in [-0.2, -0.15) is 4.98 Å². The van der Waals surface area contributed by atoms with Crippen LogP contribution in [0.4, 0.5) is 28.8 Å². The normalized spacial score (nSPS) is 15.6. The Morgan fingerprint density at radius 2 is 1.93 bits per heavy atom.